The molecule has 0 fully saturated rings. The van der Waals surface area contributed by atoms with Crippen molar-refractivity contribution in [3.8, 4) is 0 Å². The number of carbonyl (C=O) groups is 2. The third kappa shape index (κ3) is 8.28. The molecule has 0 saturated heterocycles. The van der Waals surface area contributed by atoms with Gasteiger partial charge in [0.1, 0.15) is 12.6 Å². The monoisotopic (exact) mass is 532 g/mol. The molecule has 2 atom stereocenters. The van der Waals surface area contributed by atoms with E-state index in [1.54, 1.807) is 13.8 Å². The topological polar surface area (TPSA) is 130 Å². The lowest BCUT2D eigenvalue weighted by atomic mass is 10.1. The summed E-state index contributed by atoms with van der Waals surface area (Å²) in [5.41, 5.74) is 1.18. The number of nitrogens with zero attached hydrogens (tertiary/aromatic N) is 3. The number of aryl methyl sites for hydroxylation is 1. The number of amides is 2. The van der Waals surface area contributed by atoms with Crippen LogP contribution in [0.2, 0.25) is 0 Å². The van der Waals surface area contributed by atoms with Crippen LogP contribution in [0.1, 0.15) is 44.7 Å². The first-order valence-corrected chi connectivity index (χ1v) is 14.1. The minimum absolute atomic E-state index is 0.0464. The Kier molecular flexibility index (Phi) is 10.6. The van der Waals surface area contributed by atoms with Crippen LogP contribution < -0.4 is 9.62 Å². The number of benzene rings is 2. The van der Waals surface area contributed by atoms with Gasteiger partial charge in [-0.05, 0) is 44.2 Å². The summed E-state index contributed by atoms with van der Waals surface area (Å²) in [6.07, 6.45) is 2.46. The van der Waals surface area contributed by atoms with Crippen LogP contribution in [0.3, 0.4) is 0 Å². The molecule has 2 rings (SSSR count). The highest BCUT2D eigenvalue weighted by Gasteiger charge is 2.32. The number of nitrogens with one attached hydrogen (secondary N) is 1. The van der Waals surface area contributed by atoms with Gasteiger partial charge in [-0.3, -0.25) is 24.0 Å². The summed E-state index contributed by atoms with van der Waals surface area (Å²) >= 11 is 0. The minimum atomic E-state index is -3.99. The van der Waals surface area contributed by atoms with Crippen LogP contribution in [0.4, 0.5) is 11.4 Å². The summed E-state index contributed by atoms with van der Waals surface area (Å²) in [7, 11) is -3.99. The van der Waals surface area contributed by atoms with Crippen molar-refractivity contribution in [2.24, 2.45) is 0 Å². The van der Waals surface area contributed by atoms with E-state index in [0.717, 1.165) is 22.2 Å². The number of rotatable bonds is 13. The first-order chi connectivity index (χ1) is 17.4. The van der Waals surface area contributed by atoms with E-state index in [1.165, 1.54) is 17.0 Å². The highest BCUT2D eigenvalue weighted by Crippen LogP contribution is 2.28. The number of nitro groups is 1. The van der Waals surface area contributed by atoms with Gasteiger partial charge in [-0.25, -0.2) is 8.42 Å². The second-order valence-corrected chi connectivity index (χ2v) is 11.0. The van der Waals surface area contributed by atoms with Crippen LogP contribution in [0.15, 0.2) is 48.5 Å². The maximum absolute atomic E-state index is 13.7. The fourth-order valence-corrected chi connectivity index (χ4v) is 4.81. The molecule has 0 aliphatic heterocycles. The van der Waals surface area contributed by atoms with E-state index in [1.807, 2.05) is 44.2 Å². The lowest BCUT2D eigenvalue weighted by Gasteiger charge is -2.33. The molecular weight excluding hydrogens is 496 g/mol. The largest absolute Gasteiger partial charge is 0.352 e. The molecule has 202 valence electrons. The fourth-order valence-electron chi connectivity index (χ4n) is 3.91. The van der Waals surface area contributed by atoms with Gasteiger partial charge in [-0.15, -0.1) is 0 Å². The molecule has 0 unspecified atom stereocenters. The fraction of sp³-hybridized carbons (Fsp3) is 0.462. The Balaban J connectivity index is 2.45. The molecule has 11 heteroatoms. The number of hydrogen-bond donors (Lipinski definition) is 1. The van der Waals surface area contributed by atoms with Crippen molar-refractivity contribution in [2.75, 3.05) is 23.7 Å². The van der Waals surface area contributed by atoms with Crippen LogP contribution in [0.25, 0.3) is 0 Å². The number of nitro benzene ring substituents is 1. The van der Waals surface area contributed by atoms with E-state index < -0.39 is 33.4 Å². The second kappa shape index (κ2) is 13.2. The SMILES string of the molecule is CC[C@@H](C)NC(=O)[C@@H](CC)N(CCc1ccccc1)C(=O)CN(c1cc([N+](=O)[O-])ccc1C)S(C)(=O)=O. The number of sulfonamides is 1. The molecule has 2 amide bonds. The molecule has 0 saturated carbocycles. The molecule has 0 heterocycles. The molecule has 10 nitrogen and oxygen atoms in total. The summed E-state index contributed by atoms with van der Waals surface area (Å²) < 4.78 is 26.4. The summed E-state index contributed by atoms with van der Waals surface area (Å²) in [4.78, 5) is 38.9. The lowest BCUT2D eigenvalue weighted by Crippen LogP contribution is -2.54. The molecule has 0 radical (unpaired) electrons. The van der Waals surface area contributed by atoms with E-state index >= 15 is 0 Å². The smallest absolute Gasteiger partial charge is 0.271 e. The standard InChI is InChI=1S/C26H36N4O6S/c1-6-20(4)27-26(32)23(7-2)28(16-15-21-11-9-8-10-12-21)25(31)18-29(37(5,35)36)24-17-22(30(33)34)14-13-19(24)3/h8-14,17,20,23H,6-7,15-16,18H2,1-5H3,(H,27,32)/t20-,23-/m1/s1. The highest BCUT2D eigenvalue weighted by molar-refractivity contribution is 7.92. The second-order valence-electron chi connectivity index (χ2n) is 9.06. The Morgan fingerprint density at radius 1 is 1.08 bits per heavy atom. The third-order valence-corrected chi connectivity index (χ3v) is 7.35. The van der Waals surface area contributed by atoms with E-state index in [2.05, 4.69) is 5.32 Å². The molecule has 0 spiro atoms. The van der Waals surface area contributed by atoms with Crippen molar-refractivity contribution in [1.82, 2.24) is 10.2 Å². The van der Waals surface area contributed by atoms with Crippen molar-refractivity contribution in [2.45, 2.75) is 59.0 Å². The van der Waals surface area contributed by atoms with Gasteiger partial charge in [0, 0.05) is 24.7 Å². The van der Waals surface area contributed by atoms with Gasteiger partial charge in [0.2, 0.25) is 21.8 Å². The highest BCUT2D eigenvalue weighted by atomic mass is 32.2. The van der Waals surface area contributed by atoms with E-state index in [-0.39, 0.29) is 29.9 Å². The van der Waals surface area contributed by atoms with Gasteiger partial charge in [0.05, 0.1) is 16.9 Å². The van der Waals surface area contributed by atoms with Gasteiger partial charge < -0.3 is 10.2 Å². The first kappa shape index (κ1) is 29.8. The first-order valence-electron chi connectivity index (χ1n) is 12.3. The zero-order chi connectivity index (χ0) is 27.8. The molecule has 0 aromatic heterocycles. The van der Waals surface area contributed by atoms with Crippen molar-refractivity contribution in [3.05, 3.63) is 69.8 Å². The Morgan fingerprint density at radius 2 is 1.73 bits per heavy atom. The van der Waals surface area contributed by atoms with Gasteiger partial charge >= 0.3 is 0 Å². The molecule has 37 heavy (non-hydrogen) atoms. The van der Waals surface area contributed by atoms with Crippen LogP contribution in [-0.4, -0.2) is 61.5 Å². The quantitative estimate of drug-likeness (QED) is 0.311. The maximum Gasteiger partial charge on any atom is 0.271 e. The minimum Gasteiger partial charge on any atom is -0.352 e. The molecule has 0 aliphatic rings. The molecule has 2 aromatic rings. The lowest BCUT2D eigenvalue weighted by molar-refractivity contribution is -0.384. The molecule has 1 N–H and O–H groups in total. The van der Waals surface area contributed by atoms with Crippen molar-refractivity contribution in [3.63, 3.8) is 0 Å². The van der Waals surface area contributed by atoms with E-state index in [0.29, 0.717) is 24.8 Å². The molecule has 2 aromatic carbocycles. The predicted molar refractivity (Wildman–Crippen MR) is 144 cm³/mol. The number of hydrogen-bond acceptors (Lipinski definition) is 6. The van der Waals surface area contributed by atoms with Crippen molar-refractivity contribution < 1.29 is 22.9 Å². The zero-order valence-electron chi connectivity index (χ0n) is 22.0. The van der Waals surface area contributed by atoms with Gasteiger partial charge in [0.15, 0.2) is 0 Å². The average Bonchev–Trinajstić information content (AvgIpc) is 2.85. The predicted octanol–water partition coefficient (Wildman–Crippen LogP) is 3.43. The van der Waals surface area contributed by atoms with E-state index in [9.17, 15) is 28.1 Å². The summed E-state index contributed by atoms with van der Waals surface area (Å²) in [6, 6.07) is 12.4. The van der Waals surface area contributed by atoms with Crippen molar-refractivity contribution >= 4 is 33.2 Å². The van der Waals surface area contributed by atoms with Crippen LogP contribution in [0, 0.1) is 17.0 Å². The van der Waals surface area contributed by atoms with Crippen LogP contribution >= 0.6 is 0 Å². The molecular formula is C26H36N4O6S. The third-order valence-electron chi connectivity index (χ3n) is 6.22. The number of carbonyl (C=O) groups excluding carboxylic acids is 2. The van der Waals surface area contributed by atoms with E-state index in [4.69, 9.17) is 0 Å². The summed E-state index contributed by atoms with van der Waals surface area (Å²) in [6.45, 7) is 6.82. The molecule has 0 bridgehead atoms. The zero-order valence-corrected chi connectivity index (χ0v) is 22.8. The number of non-ortho nitro benzene ring substituents is 1. The van der Waals surface area contributed by atoms with Crippen LogP contribution in [-0.2, 0) is 26.0 Å². The Hall–Kier alpha value is -3.47. The average molecular weight is 533 g/mol. The summed E-state index contributed by atoms with van der Waals surface area (Å²) in [5.74, 6) is -0.880. The molecule has 0 aliphatic carbocycles. The Bertz CT molecular complexity index is 1200. The summed E-state index contributed by atoms with van der Waals surface area (Å²) in [5, 5.41) is 14.2. The van der Waals surface area contributed by atoms with Gasteiger partial charge in [-0.2, -0.15) is 0 Å². The van der Waals surface area contributed by atoms with Gasteiger partial charge in [0.25, 0.3) is 5.69 Å². The Labute approximate surface area is 218 Å². The van der Waals surface area contributed by atoms with Crippen LogP contribution in [0.5, 0.6) is 0 Å². The van der Waals surface area contributed by atoms with Gasteiger partial charge in [-0.1, -0.05) is 50.2 Å². The normalized spacial score (nSPS) is 12.9. The van der Waals surface area contributed by atoms with Crippen molar-refractivity contribution in [1.29, 1.82) is 0 Å². The Morgan fingerprint density at radius 3 is 2.27 bits per heavy atom. The maximum atomic E-state index is 13.7. The number of anilines is 1.